The molecule has 27 heavy (non-hydrogen) atoms. The molecule has 0 saturated carbocycles. The van der Waals surface area contributed by atoms with Crippen LogP contribution in [-0.2, 0) is 16.0 Å². The minimum atomic E-state index is 0.0604. The summed E-state index contributed by atoms with van der Waals surface area (Å²) in [5.41, 5.74) is 0.873. The van der Waals surface area contributed by atoms with Gasteiger partial charge in [-0.25, -0.2) is 0 Å². The van der Waals surface area contributed by atoms with Crippen LogP contribution in [0.15, 0.2) is 52.3 Å². The van der Waals surface area contributed by atoms with Crippen molar-refractivity contribution in [2.24, 2.45) is 0 Å². The van der Waals surface area contributed by atoms with Crippen molar-refractivity contribution in [3.63, 3.8) is 0 Å². The molecule has 1 N–H and O–H groups in total. The number of ether oxygens (including phenoxy) is 1. The third kappa shape index (κ3) is 4.58. The van der Waals surface area contributed by atoms with Gasteiger partial charge in [0.25, 0.3) is 0 Å². The third-order valence-corrected chi connectivity index (χ3v) is 5.90. The largest absolute Gasteiger partial charge is 0.461 e. The van der Waals surface area contributed by atoms with Crippen LogP contribution in [0.3, 0.4) is 0 Å². The van der Waals surface area contributed by atoms with Crippen molar-refractivity contribution in [1.82, 2.24) is 10.2 Å². The Morgan fingerprint density at radius 3 is 2.81 bits per heavy atom. The Balaban J connectivity index is 1.32. The van der Waals surface area contributed by atoms with Crippen molar-refractivity contribution >= 4 is 28.2 Å². The lowest BCUT2D eigenvalue weighted by molar-refractivity contribution is -0.121. The average Bonchev–Trinajstić information content (AvgIpc) is 3.37. The van der Waals surface area contributed by atoms with Crippen LogP contribution < -0.4 is 5.32 Å². The molecule has 0 radical (unpaired) electrons. The molecule has 1 saturated heterocycles. The van der Waals surface area contributed by atoms with Crippen LogP contribution in [0.1, 0.15) is 23.1 Å². The van der Waals surface area contributed by atoms with E-state index in [1.807, 2.05) is 30.3 Å². The molecule has 6 heteroatoms. The number of furan rings is 1. The number of thiophene rings is 1. The normalized spacial score (nSPS) is 16.4. The van der Waals surface area contributed by atoms with E-state index in [0.29, 0.717) is 19.4 Å². The summed E-state index contributed by atoms with van der Waals surface area (Å²) in [5.74, 6) is 0.916. The molecule has 2 aromatic heterocycles. The molecule has 142 valence electrons. The van der Waals surface area contributed by atoms with Gasteiger partial charge in [-0.15, -0.1) is 11.3 Å². The number of nitrogens with zero attached hydrogens (tertiary/aromatic N) is 1. The van der Waals surface area contributed by atoms with Crippen LogP contribution >= 0.6 is 11.3 Å². The van der Waals surface area contributed by atoms with Crippen LogP contribution in [-0.4, -0.2) is 43.7 Å². The minimum Gasteiger partial charge on any atom is -0.461 e. The summed E-state index contributed by atoms with van der Waals surface area (Å²) in [5, 5.41) is 6.29. The summed E-state index contributed by atoms with van der Waals surface area (Å²) in [6.45, 7) is 3.93. The van der Waals surface area contributed by atoms with E-state index in [4.69, 9.17) is 9.15 Å². The number of aryl methyl sites for hydroxylation is 1. The zero-order valence-electron chi connectivity index (χ0n) is 15.2. The lowest BCUT2D eigenvalue weighted by Gasteiger charge is -2.34. The van der Waals surface area contributed by atoms with Crippen LogP contribution in [0.25, 0.3) is 11.0 Å². The van der Waals surface area contributed by atoms with E-state index in [1.54, 1.807) is 11.3 Å². The summed E-state index contributed by atoms with van der Waals surface area (Å²) < 4.78 is 11.3. The molecule has 1 amide bonds. The second-order valence-electron chi connectivity index (χ2n) is 6.73. The highest BCUT2D eigenvalue weighted by Crippen LogP contribution is 2.25. The number of morpholine rings is 1. The van der Waals surface area contributed by atoms with Gasteiger partial charge in [0.05, 0.1) is 19.3 Å². The van der Waals surface area contributed by atoms with E-state index < -0.39 is 0 Å². The Labute approximate surface area is 162 Å². The number of carbonyl (C=O) groups is 1. The Hall–Kier alpha value is -2.15. The molecule has 0 spiro atoms. The maximum Gasteiger partial charge on any atom is 0.220 e. The van der Waals surface area contributed by atoms with Gasteiger partial charge in [-0.2, -0.15) is 0 Å². The van der Waals surface area contributed by atoms with Gasteiger partial charge >= 0.3 is 0 Å². The quantitative estimate of drug-likeness (QED) is 0.676. The first kappa shape index (κ1) is 18.2. The van der Waals surface area contributed by atoms with Crippen molar-refractivity contribution in [2.45, 2.75) is 18.9 Å². The van der Waals surface area contributed by atoms with Crippen LogP contribution in [0.4, 0.5) is 0 Å². The van der Waals surface area contributed by atoms with Gasteiger partial charge < -0.3 is 14.5 Å². The lowest BCUT2D eigenvalue weighted by Crippen LogP contribution is -2.43. The Morgan fingerprint density at radius 2 is 2.04 bits per heavy atom. The smallest absolute Gasteiger partial charge is 0.220 e. The molecule has 1 aliphatic rings. The van der Waals surface area contributed by atoms with E-state index in [2.05, 4.69) is 27.7 Å². The molecular formula is C21H24N2O3S. The Bertz CT molecular complexity index is 836. The standard InChI is InChI=1S/C21H24N2O3S/c24-21(8-7-17-14-16-4-1-2-5-19(16)26-17)22-15-18(20-6-3-13-27-20)23-9-11-25-12-10-23/h1-6,13-14,18H,7-12,15H2,(H,22,24)/t18-/m0/s1. The fourth-order valence-electron chi connectivity index (χ4n) is 3.48. The van der Waals surface area contributed by atoms with Crippen LogP contribution in [0, 0.1) is 0 Å². The zero-order chi connectivity index (χ0) is 18.5. The third-order valence-electron chi connectivity index (χ3n) is 4.93. The van der Waals surface area contributed by atoms with Gasteiger partial charge in [-0.1, -0.05) is 24.3 Å². The van der Waals surface area contributed by atoms with E-state index >= 15 is 0 Å². The number of benzene rings is 1. The van der Waals surface area contributed by atoms with Crippen molar-refractivity contribution in [3.05, 3.63) is 58.5 Å². The Morgan fingerprint density at radius 1 is 1.19 bits per heavy atom. The first-order chi connectivity index (χ1) is 13.3. The molecule has 5 nitrogen and oxygen atoms in total. The van der Waals surface area contributed by atoms with E-state index in [9.17, 15) is 4.79 Å². The fraction of sp³-hybridized carbons (Fsp3) is 0.381. The van der Waals surface area contributed by atoms with Gasteiger partial charge in [0.1, 0.15) is 11.3 Å². The second-order valence-corrected chi connectivity index (χ2v) is 7.71. The Kier molecular flexibility index (Phi) is 5.87. The molecule has 1 aliphatic heterocycles. The molecule has 4 rings (SSSR count). The number of para-hydroxylation sites is 1. The average molecular weight is 385 g/mol. The predicted octanol–water partition coefficient (Wildman–Crippen LogP) is 3.62. The number of rotatable bonds is 7. The number of hydrogen-bond acceptors (Lipinski definition) is 5. The van der Waals surface area contributed by atoms with Crippen LogP contribution in [0.5, 0.6) is 0 Å². The maximum atomic E-state index is 12.4. The molecule has 3 heterocycles. The molecule has 1 fully saturated rings. The number of carbonyl (C=O) groups excluding carboxylic acids is 1. The van der Waals surface area contributed by atoms with Gasteiger partial charge in [-0.3, -0.25) is 9.69 Å². The fourth-order valence-corrected chi connectivity index (χ4v) is 4.34. The first-order valence-electron chi connectivity index (χ1n) is 9.39. The predicted molar refractivity (Wildman–Crippen MR) is 107 cm³/mol. The highest BCUT2D eigenvalue weighted by molar-refractivity contribution is 7.10. The SMILES string of the molecule is O=C(CCc1cc2ccccc2o1)NC[C@@H](c1cccs1)N1CCOCC1. The number of hydrogen-bond donors (Lipinski definition) is 1. The van der Waals surface area contributed by atoms with E-state index in [1.165, 1.54) is 4.88 Å². The molecule has 0 unspecified atom stereocenters. The monoisotopic (exact) mass is 384 g/mol. The van der Waals surface area contributed by atoms with Gasteiger partial charge in [0, 0.05) is 42.7 Å². The van der Waals surface area contributed by atoms with Crippen molar-refractivity contribution < 1.29 is 13.9 Å². The molecular weight excluding hydrogens is 360 g/mol. The van der Waals surface area contributed by atoms with Crippen molar-refractivity contribution in [1.29, 1.82) is 0 Å². The second kappa shape index (κ2) is 8.69. The number of fused-ring (bicyclic) bond motifs is 1. The van der Waals surface area contributed by atoms with Gasteiger partial charge in [0.15, 0.2) is 0 Å². The summed E-state index contributed by atoms with van der Waals surface area (Å²) in [6.07, 6.45) is 1.04. The molecule has 0 aliphatic carbocycles. The minimum absolute atomic E-state index is 0.0604. The molecule has 3 aromatic rings. The van der Waals surface area contributed by atoms with Gasteiger partial charge in [0.2, 0.25) is 5.91 Å². The summed E-state index contributed by atoms with van der Waals surface area (Å²) in [7, 11) is 0. The summed E-state index contributed by atoms with van der Waals surface area (Å²) in [6, 6.07) is 14.4. The van der Waals surface area contributed by atoms with E-state index in [0.717, 1.165) is 43.0 Å². The first-order valence-corrected chi connectivity index (χ1v) is 10.3. The highest BCUT2D eigenvalue weighted by atomic mass is 32.1. The summed E-state index contributed by atoms with van der Waals surface area (Å²) >= 11 is 1.74. The van der Waals surface area contributed by atoms with E-state index in [-0.39, 0.29) is 11.9 Å². The number of amides is 1. The maximum absolute atomic E-state index is 12.4. The highest BCUT2D eigenvalue weighted by Gasteiger charge is 2.23. The van der Waals surface area contributed by atoms with Crippen molar-refractivity contribution in [3.8, 4) is 0 Å². The zero-order valence-corrected chi connectivity index (χ0v) is 16.0. The number of nitrogens with one attached hydrogen (secondary N) is 1. The van der Waals surface area contributed by atoms with Crippen LogP contribution in [0.2, 0.25) is 0 Å². The summed E-state index contributed by atoms with van der Waals surface area (Å²) in [4.78, 5) is 16.1. The lowest BCUT2D eigenvalue weighted by atomic mass is 10.1. The molecule has 0 bridgehead atoms. The molecule has 1 aromatic carbocycles. The molecule has 1 atom stereocenters. The topological polar surface area (TPSA) is 54.7 Å². The van der Waals surface area contributed by atoms with Gasteiger partial charge in [-0.05, 0) is 23.6 Å². The van der Waals surface area contributed by atoms with Crippen molar-refractivity contribution in [2.75, 3.05) is 32.8 Å².